The first-order valence-corrected chi connectivity index (χ1v) is 18.9. The fraction of sp³-hybridized carbons (Fsp3) is 0.0800. The number of hydrogen-bond acceptors (Lipinski definition) is 2. The molecule has 56 heavy (non-hydrogen) atoms. The van der Waals surface area contributed by atoms with Gasteiger partial charge in [0.1, 0.15) is 6.17 Å². The van der Waals surface area contributed by atoms with Crippen molar-refractivity contribution in [3.05, 3.63) is 180 Å². The summed E-state index contributed by atoms with van der Waals surface area (Å²) in [6, 6.07) is 50.5. The number of nitrogens with zero attached hydrogens (tertiary/aromatic N) is 5. The van der Waals surface area contributed by atoms with Crippen LogP contribution in [0.1, 0.15) is 24.4 Å². The largest absolute Gasteiger partial charge is 0.333 e. The fourth-order valence-corrected chi connectivity index (χ4v) is 9.36. The Bertz CT molecular complexity index is 3310. The molecule has 2 unspecified atom stereocenters. The molecule has 0 bridgehead atoms. The van der Waals surface area contributed by atoms with E-state index in [1.165, 1.54) is 10.8 Å². The van der Waals surface area contributed by atoms with Crippen LogP contribution < -0.4 is 0 Å². The minimum absolute atomic E-state index is 0.180. The molecule has 0 radical (unpaired) electrons. The van der Waals surface area contributed by atoms with Gasteiger partial charge in [-0.3, -0.25) is 0 Å². The first-order chi connectivity index (χ1) is 27.6. The SMILES string of the molecule is N#CC1=CC(n2c3ccccc3c3cc(C#N)ccc32)CC(C2=CC(n3c4ccccc4c4cc(-n5c6ccccc6c6ccccc65)ccc43)=CC(F)C2)=C1. The molecule has 0 saturated carbocycles. The van der Waals surface area contributed by atoms with E-state index in [1.807, 2.05) is 48.6 Å². The summed E-state index contributed by atoms with van der Waals surface area (Å²) in [5.74, 6) is 0. The highest BCUT2D eigenvalue weighted by Gasteiger charge is 2.27. The number of nitriles is 2. The Morgan fingerprint density at radius 1 is 0.500 bits per heavy atom. The highest BCUT2D eigenvalue weighted by molar-refractivity contribution is 6.13. The van der Waals surface area contributed by atoms with Crippen LogP contribution in [0.2, 0.25) is 0 Å². The Morgan fingerprint density at radius 3 is 1.71 bits per heavy atom. The van der Waals surface area contributed by atoms with Crippen molar-refractivity contribution in [3.8, 4) is 17.8 Å². The monoisotopic (exact) mass is 721 g/mol. The van der Waals surface area contributed by atoms with Crippen molar-refractivity contribution in [2.24, 2.45) is 0 Å². The number of hydrogen-bond donors (Lipinski definition) is 0. The van der Waals surface area contributed by atoms with Crippen LogP contribution in [0.5, 0.6) is 0 Å². The standard InChI is InChI=1S/C50H32FN5/c51-35-24-34(33-21-32(30-53)22-37(25-33)55-47-15-7-3-11-41(47)43-23-31(29-52)17-19-49(43)55)26-38(27-35)56-48-16-8-4-12-42(48)44-28-36(18-20-50(44)56)54-45-13-5-1-9-39(45)40-10-2-6-14-46(40)54/h1-23,26-28,35,37H,24-25H2. The normalized spacial score (nSPS) is 17.3. The summed E-state index contributed by atoms with van der Waals surface area (Å²) in [7, 11) is 0. The molecule has 5 nitrogen and oxygen atoms in total. The lowest BCUT2D eigenvalue weighted by molar-refractivity contribution is 0.395. The van der Waals surface area contributed by atoms with Crippen LogP contribution in [0.4, 0.5) is 4.39 Å². The smallest absolute Gasteiger partial charge is 0.125 e. The van der Waals surface area contributed by atoms with E-state index in [1.54, 1.807) is 6.08 Å². The third kappa shape index (κ3) is 4.76. The predicted octanol–water partition coefficient (Wildman–Crippen LogP) is 12.4. The molecule has 2 atom stereocenters. The van der Waals surface area contributed by atoms with Crippen LogP contribution in [0.15, 0.2) is 174 Å². The van der Waals surface area contributed by atoms with Crippen molar-refractivity contribution in [2.45, 2.75) is 25.1 Å². The molecule has 3 heterocycles. The maximum atomic E-state index is 16.1. The van der Waals surface area contributed by atoms with E-state index >= 15 is 4.39 Å². The number of aromatic nitrogens is 3. The van der Waals surface area contributed by atoms with Gasteiger partial charge in [-0.15, -0.1) is 0 Å². The Balaban J connectivity index is 1.04. The van der Waals surface area contributed by atoms with Gasteiger partial charge in [-0.25, -0.2) is 4.39 Å². The molecule has 11 rings (SSSR count). The van der Waals surface area contributed by atoms with Crippen LogP contribution in [0.3, 0.4) is 0 Å². The van der Waals surface area contributed by atoms with Crippen molar-refractivity contribution < 1.29 is 4.39 Å². The maximum Gasteiger partial charge on any atom is 0.125 e. The summed E-state index contributed by atoms with van der Waals surface area (Å²) in [5, 5.41) is 26.6. The quantitative estimate of drug-likeness (QED) is 0.182. The number of rotatable bonds is 4. The average Bonchev–Trinajstić information content (AvgIpc) is 3.88. The van der Waals surface area contributed by atoms with Gasteiger partial charge >= 0.3 is 0 Å². The van der Waals surface area contributed by atoms with Gasteiger partial charge in [0.05, 0.1) is 51.4 Å². The van der Waals surface area contributed by atoms with Crippen molar-refractivity contribution in [1.29, 1.82) is 10.5 Å². The van der Waals surface area contributed by atoms with Crippen molar-refractivity contribution >= 4 is 71.1 Å². The van der Waals surface area contributed by atoms with Gasteiger partial charge in [-0.05, 0) is 103 Å². The zero-order valence-electron chi connectivity index (χ0n) is 30.2. The lowest BCUT2D eigenvalue weighted by Gasteiger charge is -2.27. The zero-order valence-corrected chi connectivity index (χ0v) is 30.2. The summed E-state index contributed by atoms with van der Waals surface area (Å²) in [4.78, 5) is 0. The van der Waals surface area contributed by atoms with Gasteiger partial charge in [0.15, 0.2) is 0 Å². The minimum Gasteiger partial charge on any atom is -0.333 e. The molecule has 6 aromatic carbocycles. The zero-order chi connectivity index (χ0) is 37.5. The molecule has 0 aliphatic heterocycles. The third-order valence-electron chi connectivity index (χ3n) is 11.7. The lowest BCUT2D eigenvalue weighted by atomic mass is 9.86. The topological polar surface area (TPSA) is 62.4 Å². The fourth-order valence-electron chi connectivity index (χ4n) is 9.36. The Kier molecular flexibility index (Phi) is 7.05. The molecule has 6 heteroatoms. The molecule has 2 aliphatic rings. The molecule has 3 aromatic heterocycles. The second-order valence-corrected chi connectivity index (χ2v) is 14.8. The Labute approximate surface area is 321 Å². The van der Waals surface area contributed by atoms with Crippen LogP contribution in [-0.2, 0) is 0 Å². The number of fused-ring (bicyclic) bond motifs is 9. The number of benzene rings is 6. The molecule has 9 aromatic rings. The number of alkyl halides is 1. The van der Waals surface area contributed by atoms with Gasteiger partial charge in [0, 0.05) is 61.2 Å². The van der Waals surface area contributed by atoms with Gasteiger partial charge in [-0.2, -0.15) is 10.5 Å². The van der Waals surface area contributed by atoms with E-state index in [9.17, 15) is 10.5 Å². The maximum absolute atomic E-state index is 16.1. The number of para-hydroxylation sites is 4. The lowest BCUT2D eigenvalue weighted by Crippen LogP contribution is -2.15. The van der Waals surface area contributed by atoms with Gasteiger partial charge in [0.25, 0.3) is 0 Å². The molecule has 264 valence electrons. The number of halogens is 1. The predicted molar refractivity (Wildman–Crippen MR) is 225 cm³/mol. The van der Waals surface area contributed by atoms with E-state index in [-0.39, 0.29) is 12.5 Å². The highest BCUT2D eigenvalue weighted by atomic mass is 19.1. The summed E-state index contributed by atoms with van der Waals surface area (Å²) >= 11 is 0. The van der Waals surface area contributed by atoms with Crippen molar-refractivity contribution in [2.75, 3.05) is 0 Å². The molecule has 0 fully saturated rings. The number of allylic oxidation sites excluding steroid dienone is 8. The molecule has 0 amide bonds. The summed E-state index contributed by atoms with van der Waals surface area (Å²) in [6.07, 6.45) is 7.43. The van der Waals surface area contributed by atoms with Crippen LogP contribution >= 0.6 is 0 Å². The molecular weight excluding hydrogens is 690 g/mol. The van der Waals surface area contributed by atoms with E-state index < -0.39 is 6.17 Å². The molecular formula is C50H32FN5. The summed E-state index contributed by atoms with van der Waals surface area (Å²) in [6.45, 7) is 0. The van der Waals surface area contributed by atoms with E-state index in [0.717, 1.165) is 77.2 Å². The molecule has 2 aliphatic carbocycles. The Hall–Kier alpha value is -7.41. The average molecular weight is 722 g/mol. The second-order valence-electron chi connectivity index (χ2n) is 14.8. The van der Waals surface area contributed by atoms with Crippen LogP contribution in [0, 0.1) is 22.7 Å². The van der Waals surface area contributed by atoms with Gasteiger partial charge < -0.3 is 13.7 Å². The van der Waals surface area contributed by atoms with E-state index in [2.05, 4.69) is 129 Å². The second kappa shape index (κ2) is 12.3. The van der Waals surface area contributed by atoms with Gasteiger partial charge in [-0.1, -0.05) is 72.8 Å². The first-order valence-electron chi connectivity index (χ1n) is 18.9. The van der Waals surface area contributed by atoms with Crippen LogP contribution in [-0.4, -0.2) is 19.9 Å². The Morgan fingerprint density at radius 2 is 1.04 bits per heavy atom. The first kappa shape index (κ1) is 32.1. The highest BCUT2D eigenvalue weighted by Crippen LogP contribution is 2.43. The minimum atomic E-state index is -1.20. The van der Waals surface area contributed by atoms with Crippen molar-refractivity contribution in [1.82, 2.24) is 13.7 Å². The van der Waals surface area contributed by atoms with Crippen LogP contribution in [0.25, 0.3) is 76.8 Å². The summed E-state index contributed by atoms with van der Waals surface area (Å²) in [5.41, 5.74) is 11.2. The van der Waals surface area contributed by atoms with E-state index in [4.69, 9.17) is 0 Å². The van der Waals surface area contributed by atoms with Crippen molar-refractivity contribution in [3.63, 3.8) is 0 Å². The van der Waals surface area contributed by atoms with Gasteiger partial charge in [0.2, 0.25) is 0 Å². The third-order valence-corrected chi connectivity index (χ3v) is 11.7. The molecule has 0 saturated heterocycles. The summed E-state index contributed by atoms with van der Waals surface area (Å²) < 4.78 is 22.9. The molecule has 0 N–H and O–H groups in total. The van der Waals surface area contributed by atoms with E-state index in [0.29, 0.717) is 17.6 Å². The molecule has 0 spiro atoms.